The van der Waals surface area contributed by atoms with Crippen LogP contribution in [0.4, 0.5) is 0 Å². The predicted octanol–water partition coefficient (Wildman–Crippen LogP) is 4.26. The largest absolute Gasteiger partial charge is 0.507 e. The number of pyridine rings is 1. The Balaban J connectivity index is 2.22. The molecule has 0 aliphatic heterocycles. The third kappa shape index (κ3) is 1.91. The van der Waals surface area contributed by atoms with E-state index in [0.29, 0.717) is 16.3 Å². The van der Waals surface area contributed by atoms with Crippen molar-refractivity contribution >= 4 is 22.5 Å². The van der Waals surface area contributed by atoms with Gasteiger partial charge in [-0.2, -0.15) is 0 Å². The van der Waals surface area contributed by atoms with E-state index >= 15 is 0 Å². The lowest BCUT2D eigenvalue weighted by Crippen LogP contribution is -1.86. The van der Waals surface area contributed by atoms with E-state index in [1.54, 1.807) is 18.2 Å². The molecule has 3 aromatic rings. The van der Waals surface area contributed by atoms with Gasteiger partial charge in [-0.15, -0.1) is 0 Å². The minimum absolute atomic E-state index is 0.183. The predicted molar refractivity (Wildman–Crippen MR) is 73.9 cm³/mol. The molecule has 0 aliphatic carbocycles. The van der Waals surface area contributed by atoms with Gasteiger partial charge in [-0.25, -0.2) is 4.98 Å². The average molecular weight is 256 g/mol. The molecule has 3 heteroatoms. The van der Waals surface area contributed by atoms with Crippen LogP contribution in [0.5, 0.6) is 5.75 Å². The fourth-order valence-corrected chi connectivity index (χ4v) is 2.10. The molecule has 0 radical (unpaired) electrons. The number of hydrogen-bond acceptors (Lipinski definition) is 2. The van der Waals surface area contributed by atoms with Crippen molar-refractivity contribution in [3.05, 3.63) is 59.6 Å². The number of phenols is 1. The molecule has 0 atom stereocenters. The number of fused-ring (bicyclic) bond motifs is 1. The van der Waals surface area contributed by atoms with E-state index < -0.39 is 0 Å². The molecule has 0 aliphatic rings. The quantitative estimate of drug-likeness (QED) is 0.705. The molecule has 0 fully saturated rings. The van der Waals surface area contributed by atoms with E-state index in [-0.39, 0.29) is 5.75 Å². The van der Waals surface area contributed by atoms with Crippen molar-refractivity contribution in [1.29, 1.82) is 0 Å². The number of rotatable bonds is 1. The first kappa shape index (κ1) is 11.1. The van der Waals surface area contributed by atoms with Crippen LogP contribution < -0.4 is 0 Å². The normalized spacial score (nSPS) is 10.7. The molecule has 1 heterocycles. The average Bonchev–Trinajstić information content (AvgIpc) is 2.41. The Labute approximate surface area is 109 Å². The second-order valence-electron chi connectivity index (χ2n) is 4.05. The SMILES string of the molecule is Oc1ccc(Cl)cc1-c1ccc2ccccc2n1. The molecule has 0 bridgehead atoms. The Hall–Kier alpha value is -2.06. The fourth-order valence-electron chi connectivity index (χ4n) is 1.93. The molecule has 18 heavy (non-hydrogen) atoms. The van der Waals surface area contributed by atoms with Crippen molar-refractivity contribution in [2.24, 2.45) is 0 Å². The summed E-state index contributed by atoms with van der Waals surface area (Å²) in [5, 5.41) is 11.5. The van der Waals surface area contributed by atoms with Gasteiger partial charge in [-0.1, -0.05) is 35.9 Å². The number of phenolic OH excluding ortho intramolecular Hbond substituents is 1. The van der Waals surface area contributed by atoms with Crippen LogP contribution in [0.25, 0.3) is 22.2 Å². The Morgan fingerprint density at radius 1 is 0.944 bits per heavy atom. The Morgan fingerprint density at radius 3 is 2.67 bits per heavy atom. The van der Waals surface area contributed by atoms with Gasteiger partial charge in [-0.05, 0) is 30.3 Å². The van der Waals surface area contributed by atoms with E-state index in [2.05, 4.69) is 4.98 Å². The Bertz CT molecular complexity index is 725. The Kier molecular flexibility index (Phi) is 2.65. The van der Waals surface area contributed by atoms with Crippen molar-refractivity contribution in [1.82, 2.24) is 4.98 Å². The van der Waals surface area contributed by atoms with E-state index in [1.165, 1.54) is 0 Å². The highest BCUT2D eigenvalue weighted by atomic mass is 35.5. The van der Waals surface area contributed by atoms with E-state index in [9.17, 15) is 5.11 Å². The highest BCUT2D eigenvalue weighted by Gasteiger charge is 2.07. The summed E-state index contributed by atoms with van der Waals surface area (Å²) >= 11 is 5.95. The topological polar surface area (TPSA) is 33.1 Å². The van der Waals surface area contributed by atoms with Gasteiger partial charge in [0.25, 0.3) is 0 Å². The van der Waals surface area contributed by atoms with Crippen molar-refractivity contribution in [3.63, 3.8) is 0 Å². The molecule has 88 valence electrons. The lowest BCUT2D eigenvalue weighted by atomic mass is 10.1. The fraction of sp³-hybridized carbons (Fsp3) is 0. The number of halogens is 1. The summed E-state index contributed by atoms with van der Waals surface area (Å²) in [6, 6.07) is 16.7. The first-order chi connectivity index (χ1) is 8.74. The molecular weight excluding hydrogens is 246 g/mol. The van der Waals surface area contributed by atoms with Gasteiger partial charge >= 0.3 is 0 Å². The molecule has 0 spiro atoms. The molecule has 0 saturated carbocycles. The molecule has 2 nitrogen and oxygen atoms in total. The summed E-state index contributed by atoms with van der Waals surface area (Å²) in [5.74, 6) is 0.183. The first-order valence-corrected chi connectivity index (χ1v) is 5.96. The molecule has 0 saturated heterocycles. The van der Waals surface area contributed by atoms with Gasteiger partial charge in [0, 0.05) is 16.0 Å². The number of nitrogens with zero attached hydrogens (tertiary/aromatic N) is 1. The standard InChI is InChI=1S/C15H10ClNO/c16-11-6-8-15(18)12(9-11)14-7-5-10-3-1-2-4-13(10)17-14/h1-9,18H. The lowest BCUT2D eigenvalue weighted by Gasteiger charge is -2.06. The lowest BCUT2D eigenvalue weighted by molar-refractivity contribution is 0.477. The molecule has 0 amide bonds. The zero-order valence-corrected chi connectivity index (χ0v) is 10.2. The number of benzene rings is 2. The maximum atomic E-state index is 9.86. The molecule has 2 aromatic carbocycles. The van der Waals surface area contributed by atoms with Crippen LogP contribution in [0, 0.1) is 0 Å². The third-order valence-corrected chi connectivity index (χ3v) is 3.07. The van der Waals surface area contributed by atoms with Gasteiger partial charge in [0.05, 0.1) is 11.2 Å². The van der Waals surface area contributed by atoms with Crippen LogP contribution in [0.1, 0.15) is 0 Å². The van der Waals surface area contributed by atoms with Crippen molar-refractivity contribution in [2.45, 2.75) is 0 Å². The van der Waals surface area contributed by atoms with Crippen LogP contribution in [-0.2, 0) is 0 Å². The van der Waals surface area contributed by atoms with Crippen LogP contribution in [0.2, 0.25) is 5.02 Å². The minimum Gasteiger partial charge on any atom is -0.507 e. The molecule has 1 aromatic heterocycles. The summed E-state index contributed by atoms with van der Waals surface area (Å²) in [4.78, 5) is 4.53. The number of para-hydroxylation sites is 1. The van der Waals surface area contributed by atoms with Crippen molar-refractivity contribution < 1.29 is 5.11 Å². The van der Waals surface area contributed by atoms with Gasteiger partial charge in [-0.3, -0.25) is 0 Å². The van der Waals surface area contributed by atoms with Crippen LogP contribution in [-0.4, -0.2) is 10.1 Å². The van der Waals surface area contributed by atoms with Crippen LogP contribution >= 0.6 is 11.6 Å². The number of aromatic nitrogens is 1. The molecule has 3 rings (SSSR count). The molecule has 1 N–H and O–H groups in total. The zero-order valence-electron chi connectivity index (χ0n) is 9.47. The summed E-state index contributed by atoms with van der Waals surface area (Å²) in [5.41, 5.74) is 2.26. The second-order valence-corrected chi connectivity index (χ2v) is 4.49. The molecular formula is C15H10ClNO. The highest BCUT2D eigenvalue weighted by Crippen LogP contribution is 2.31. The van der Waals surface area contributed by atoms with Gasteiger partial charge in [0.2, 0.25) is 0 Å². The number of hydrogen-bond donors (Lipinski definition) is 1. The summed E-state index contributed by atoms with van der Waals surface area (Å²) in [6.07, 6.45) is 0. The monoisotopic (exact) mass is 255 g/mol. The third-order valence-electron chi connectivity index (χ3n) is 2.83. The van der Waals surface area contributed by atoms with E-state index in [0.717, 1.165) is 10.9 Å². The Morgan fingerprint density at radius 2 is 1.78 bits per heavy atom. The zero-order chi connectivity index (χ0) is 12.5. The number of aromatic hydroxyl groups is 1. The van der Waals surface area contributed by atoms with E-state index in [4.69, 9.17) is 11.6 Å². The van der Waals surface area contributed by atoms with Gasteiger partial charge < -0.3 is 5.11 Å². The van der Waals surface area contributed by atoms with Crippen molar-refractivity contribution in [3.8, 4) is 17.0 Å². The smallest absolute Gasteiger partial charge is 0.125 e. The van der Waals surface area contributed by atoms with Crippen LogP contribution in [0.3, 0.4) is 0 Å². The maximum Gasteiger partial charge on any atom is 0.125 e. The molecule has 0 unspecified atom stereocenters. The second kappa shape index (κ2) is 4.31. The van der Waals surface area contributed by atoms with Crippen molar-refractivity contribution in [2.75, 3.05) is 0 Å². The van der Waals surface area contributed by atoms with E-state index in [1.807, 2.05) is 36.4 Å². The highest BCUT2D eigenvalue weighted by molar-refractivity contribution is 6.30. The minimum atomic E-state index is 0.183. The summed E-state index contributed by atoms with van der Waals surface area (Å²) in [6.45, 7) is 0. The first-order valence-electron chi connectivity index (χ1n) is 5.59. The van der Waals surface area contributed by atoms with Crippen LogP contribution in [0.15, 0.2) is 54.6 Å². The van der Waals surface area contributed by atoms with Gasteiger partial charge in [0.15, 0.2) is 0 Å². The van der Waals surface area contributed by atoms with Gasteiger partial charge in [0.1, 0.15) is 5.75 Å². The summed E-state index contributed by atoms with van der Waals surface area (Å²) in [7, 11) is 0. The summed E-state index contributed by atoms with van der Waals surface area (Å²) < 4.78 is 0. The maximum absolute atomic E-state index is 9.86.